The molecule has 6 nitrogen and oxygen atoms in total. The van der Waals surface area contributed by atoms with E-state index in [1.54, 1.807) is 12.1 Å². The summed E-state index contributed by atoms with van der Waals surface area (Å²) in [6.07, 6.45) is 4.78. The lowest BCUT2D eigenvalue weighted by Crippen LogP contribution is -2.41. The summed E-state index contributed by atoms with van der Waals surface area (Å²) in [5.41, 5.74) is 1.61. The molecule has 0 atom stereocenters. The molecule has 0 unspecified atom stereocenters. The summed E-state index contributed by atoms with van der Waals surface area (Å²) in [6.45, 7) is 2.17. The molecule has 2 saturated heterocycles. The van der Waals surface area contributed by atoms with Crippen LogP contribution in [-0.4, -0.2) is 53.1 Å². The lowest BCUT2D eigenvalue weighted by molar-refractivity contribution is 0.0416. The number of piperidine rings is 1. The first-order chi connectivity index (χ1) is 12.0. The number of hydrogen-bond donors (Lipinski definition) is 0. The van der Waals surface area contributed by atoms with Crippen LogP contribution >= 0.6 is 0 Å². The summed E-state index contributed by atoms with van der Waals surface area (Å²) < 4.78 is 35.3. The molecule has 7 heteroatoms. The zero-order valence-corrected chi connectivity index (χ0v) is 15.2. The van der Waals surface area contributed by atoms with E-state index in [-0.39, 0.29) is 18.1 Å². The molecular weight excluding hydrogens is 342 g/mol. The molecular formula is C18H23NO5S. The van der Waals surface area contributed by atoms with Crippen molar-refractivity contribution >= 4 is 21.5 Å². The molecule has 1 saturated carbocycles. The highest BCUT2D eigenvalue weighted by Crippen LogP contribution is 2.54. The smallest absolute Gasteiger partial charge is 0.339 e. The number of nitrogens with zero attached hydrogens (tertiary/aromatic N) is 1. The average molecular weight is 365 g/mol. The van der Waals surface area contributed by atoms with Crippen molar-refractivity contribution in [2.45, 2.75) is 35.8 Å². The second-order valence-electron chi connectivity index (χ2n) is 7.36. The average Bonchev–Trinajstić information content (AvgIpc) is 3.31. The molecule has 0 aromatic heterocycles. The Morgan fingerprint density at radius 1 is 1.20 bits per heavy atom. The third kappa shape index (κ3) is 2.93. The number of ether oxygens (including phenoxy) is 2. The van der Waals surface area contributed by atoms with Crippen LogP contribution in [-0.2, 0) is 19.3 Å². The summed E-state index contributed by atoms with van der Waals surface area (Å²) in [7, 11) is -2.08. The minimum atomic E-state index is -3.43. The predicted molar refractivity (Wildman–Crippen MR) is 92.7 cm³/mol. The minimum Gasteiger partial charge on any atom is -0.465 e. The first-order valence-electron chi connectivity index (χ1n) is 8.74. The van der Waals surface area contributed by atoms with Gasteiger partial charge in [-0.3, -0.25) is 0 Å². The number of rotatable bonds is 4. The molecule has 1 aromatic carbocycles. The SMILES string of the molecule is COC(=O)c1ccc(S(=O)(=O)C2COC2)cc1N1CCC2(CC1)CC2. The quantitative estimate of drug-likeness (QED) is 0.760. The van der Waals surface area contributed by atoms with E-state index in [1.807, 2.05) is 0 Å². The Bertz CT molecular complexity index is 786. The predicted octanol–water partition coefficient (Wildman–Crippen LogP) is 2.03. The van der Waals surface area contributed by atoms with Gasteiger partial charge < -0.3 is 14.4 Å². The van der Waals surface area contributed by atoms with Gasteiger partial charge in [-0.2, -0.15) is 0 Å². The Hall–Kier alpha value is -1.60. The topological polar surface area (TPSA) is 72.9 Å². The molecule has 0 radical (unpaired) electrons. The first kappa shape index (κ1) is 16.8. The van der Waals surface area contributed by atoms with Crippen LogP contribution in [0.3, 0.4) is 0 Å². The molecule has 0 bridgehead atoms. The number of sulfone groups is 1. The largest absolute Gasteiger partial charge is 0.465 e. The zero-order valence-electron chi connectivity index (χ0n) is 14.4. The van der Waals surface area contributed by atoms with E-state index in [9.17, 15) is 13.2 Å². The van der Waals surface area contributed by atoms with Gasteiger partial charge in [-0.05, 0) is 49.3 Å². The van der Waals surface area contributed by atoms with Crippen LogP contribution in [0.5, 0.6) is 0 Å². The summed E-state index contributed by atoms with van der Waals surface area (Å²) in [6, 6.07) is 4.73. The van der Waals surface area contributed by atoms with Crippen molar-refractivity contribution in [1.82, 2.24) is 0 Å². The van der Waals surface area contributed by atoms with Gasteiger partial charge in [-0.15, -0.1) is 0 Å². The normalized spacial score (nSPS) is 22.5. The Morgan fingerprint density at radius 3 is 2.40 bits per heavy atom. The molecule has 25 heavy (non-hydrogen) atoms. The van der Waals surface area contributed by atoms with Gasteiger partial charge in [0.05, 0.1) is 36.5 Å². The van der Waals surface area contributed by atoms with Gasteiger partial charge >= 0.3 is 5.97 Å². The Labute approximate surface area is 148 Å². The van der Waals surface area contributed by atoms with Crippen molar-refractivity contribution in [2.24, 2.45) is 5.41 Å². The third-order valence-electron chi connectivity index (χ3n) is 5.87. The highest BCUT2D eigenvalue weighted by Gasteiger charge is 2.45. The van der Waals surface area contributed by atoms with E-state index >= 15 is 0 Å². The second kappa shape index (κ2) is 5.99. The summed E-state index contributed by atoms with van der Waals surface area (Å²) in [5, 5.41) is -0.486. The Kier molecular flexibility index (Phi) is 4.03. The van der Waals surface area contributed by atoms with E-state index in [1.165, 1.54) is 26.0 Å². The van der Waals surface area contributed by atoms with Crippen molar-refractivity contribution in [3.05, 3.63) is 23.8 Å². The fourth-order valence-corrected chi connectivity index (χ4v) is 5.19. The molecule has 0 amide bonds. The van der Waals surface area contributed by atoms with Crippen molar-refractivity contribution in [1.29, 1.82) is 0 Å². The maximum absolute atomic E-state index is 12.7. The van der Waals surface area contributed by atoms with Gasteiger partial charge in [0.15, 0.2) is 9.84 Å². The van der Waals surface area contributed by atoms with Crippen LogP contribution in [0.4, 0.5) is 5.69 Å². The highest BCUT2D eigenvalue weighted by atomic mass is 32.2. The summed E-state index contributed by atoms with van der Waals surface area (Å²) in [4.78, 5) is 14.6. The molecule has 3 aliphatic rings. The van der Waals surface area contributed by atoms with E-state index in [0.29, 0.717) is 16.7 Å². The van der Waals surface area contributed by atoms with E-state index in [2.05, 4.69) is 4.90 Å². The van der Waals surface area contributed by atoms with Crippen molar-refractivity contribution in [3.8, 4) is 0 Å². The van der Waals surface area contributed by atoms with Gasteiger partial charge in [-0.1, -0.05) is 0 Å². The monoisotopic (exact) mass is 365 g/mol. The van der Waals surface area contributed by atoms with Crippen molar-refractivity contribution in [2.75, 3.05) is 38.3 Å². The maximum atomic E-state index is 12.7. The number of carbonyl (C=O) groups is 1. The number of hydrogen-bond acceptors (Lipinski definition) is 6. The molecule has 4 rings (SSSR count). The van der Waals surface area contributed by atoms with Crippen LogP contribution < -0.4 is 4.90 Å². The number of anilines is 1. The Morgan fingerprint density at radius 2 is 1.88 bits per heavy atom. The zero-order chi connectivity index (χ0) is 17.7. The number of benzene rings is 1. The van der Waals surface area contributed by atoms with Gasteiger partial charge in [0.25, 0.3) is 0 Å². The lowest BCUT2D eigenvalue weighted by atomic mass is 9.93. The first-order valence-corrected chi connectivity index (χ1v) is 10.3. The fourth-order valence-electron chi connectivity index (χ4n) is 3.72. The maximum Gasteiger partial charge on any atom is 0.339 e. The summed E-state index contributed by atoms with van der Waals surface area (Å²) in [5.74, 6) is -0.433. The number of esters is 1. The van der Waals surface area contributed by atoms with Crippen LogP contribution in [0.2, 0.25) is 0 Å². The van der Waals surface area contributed by atoms with Gasteiger partial charge in [0.1, 0.15) is 5.25 Å². The fraction of sp³-hybridized carbons (Fsp3) is 0.611. The number of methoxy groups -OCH3 is 1. The molecule has 1 spiro atoms. The molecule has 1 aliphatic carbocycles. The molecule has 2 heterocycles. The van der Waals surface area contributed by atoms with Gasteiger partial charge in [0.2, 0.25) is 0 Å². The molecule has 2 aliphatic heterocycles. The standard InChI is InChI=1S/C18H23NO5S/c1-23-17(20)15-3-2-13(25(21,22)14-11-24-12-14)10-16(15)19-8-6-18(4-5-18)7-9-19/h2-3,10,14H,4-9,11-12H2,1H3. The van der Waals surface area contributed by atoms with Crippen LogP contribution in [0.25, 0.3) is 0 Å². The van der Waals surface area contributed by atoms with Crippen molar-refractivity contribution < 1.29 is 22.7 Å². The molecule has 1 aromatic rings. The lowest BCUT2D eigenvalue weighted by Gasteiger charge is -2.35. The molecule has 0 N–H and O–H groups in total. The molecule has 136 valence electrons. The third-order valence-corrected chi connectivity index (χ3v) is 7.93. The van der Waals surface area contributed by atoms with Gasteiger partial charge in [-0.25, -0.2) is 13.2 Å². The minimum absolute atomic E-state index is 0.239. The number of carbonyl (C=O) groups excluding carboxylic acids is 1. The van der Waals surface area contributed by atoms with Crippen LogP contribution in [0.1, 0.15) is 36.0 Å². The highest BCUT2D eigenvalue weighted by molar-refractivity contribution is 7.92. The summed E-state index contributed by atoms with van der Waals surface area (Å²) >= 11 is 0. The van der Waals surface area contributed by atoms with Crippen LogP contribution in [0, 0.1) is 5.41 Å². The van der Waals surface area contributed by atoms with Crippen molar-refractivity contribution in [3.63, 3.8) is 0 Å². The van der Waals surface area contributed by atoms with E-state index in [4.69, 9.17) is 9.47 Å². The Balaban J connectivity index is 1.68. The van der Waals surface area contributed by atoms with Crippen LogP contribution in [0.15, 0.2) is 23.1 Å². The van der Waals surface area contributed by atoms with E-state index < -0.39 is 21.1 Å². The van der Waals surface area contributed by atoms with Gasteiger partial charge in [0, 0.05) is 13.1 Å². The molecule has 3 fully saturated rings. The van der Waals surface area contributed by atoms with E-state index in [0.717, 1.165) is 25.9 Å². The second-order valence-corrected chi connectivity index (χ2v) is 9.59.